The van der Waals surface area contributed by atoms with Gasteiger partial charge in [0, 0.05) is 16.2 Å². The van der Waals surface area contributed by atoms with Gasteiger partial charge in [-0.2, -0.15) is 0 Å². The number of rotatable bonds is 3. The van der Waals surface area contributed by atoms with E-state index in [-0.39, 0.29) is 51.7 Å². The molecular weight excluding hydrogens is 548 g/mol. The first-order valence-electron chi connectivity index (χ1n) is 13.5. The van der Waals surface area contributed by atoms with Gasteiger partial charge >= 0.3 is 17.1 Å². The summed E-state index contributed by atoms with van der Waals surface area (Å²) >= 11 is 0. The molecule has 0 N–H and O–H groups in total. The molecule has 1 radical (unpaired) electrons. The molecule has 0 heterocycles. The van der Waals surface area contributed by atoms with E-state index in [1.807, 2.05) is 125 Å². The molecular formula is C33H57FeO6. The molecule has 0 fully saturated rings. The zero-order valence-electron chi connectivity index (χ0n) is 28.5. The first-order chi connectivity index (χ1) is 16.6. The van der Waals surface area contributed by atoms with Crippen LogP contribution in [-0.4, -0.2) is 17.3 Å². The topological polar surface area (TPSA) is 120 Å². The van der Waals surface area contributed by atoms with Crippen molar-refractivity contribution in [2.45, 2.75) is 125 Å². The Labute approximate surface area is 256 Å². The number of hydrogen-bond donors (Lipinski definition) is 0. The second-order valence-electron chi connectivity index (χ2n) is 16.1. The molecule has 7 heteroatoms. The average Bonchev–Trinajstić information content (AvgIpc) is 2.64. The Bertz CT molecular complexity index is 801. The van der Waals surface area contributed by atoms with Gasteiger partial charge in [-0.05, 0) is 34.5 Å². The van der Waals surface area contributed by atoms with Crippen LogP contribution in [0, 0.1) is 32.5 Å². The van der Waals surface area contributed by atoms with Crippen molar-refractivity contribution in [1.29, 1.82) is 0 Å². The van der Waals surface area contributed by atoms with Crippen LogP contribution in [0.2, 0.25) is 0 Å². The molecule has 0 aliphatic heterocycles. The molecule has 0 spiro atoms. The molecule has 0 aromatic carbocycles. The summed E-state index contributed by atoms with van der Waals surface area (Å²) in [5, 5.41) is 34.3. The van der Waals surface area contributed by atoms with E-state index in [0.29, 0.717) is 0 Å². The fourth-order valence-electron chi connectivity index (χ4n) is 1.66. The normalized spacial score (nSPS) is 14.1. The van der Waals surface area contributed by atoms with Crippen LogP contribution in [0.5, 0.6) is 0 Å². The maximum Gasteiger partial charge on any atom is 3.00 e. The summed E-state index contributed by atoms with van der Waals surface area (Å²) in [7, 11) is 0. The third-order valence-corrected chi connectivity index (χ3v) is 5.22. The van der Waals surface area contributed by atoms with Crippen molar-refractivity contribution < 1.29 is 46.8 Å². The number of carbonyl (C=O) groups is 3. The van der Waals surface area contributed by atoms with E-state index in [9.17, 15) is 29.7 Å². The van der Waals surface area contributed by atoms with Crippen LogP contribution in [0.15, 0.2) is 35.5 Å². The van der Waals surface area contributed by atoms with E-state index < -0.39 is 32.5 Å². The summed E-state index contributed by atoms with van der Waals surface area (Å²) in [4.78, 5) is 34.3. The van der Waals surface area contributed by atoms with E-state index in [1.165, 1.54) is 18.2 Å². The molecule has 0 unspecified atom stereocenters. The van der Waals surface area contributed by atoms with Gasteiger partial charge in [0.1, 0.15) is 0 Å². The maximum absolute atomic E-state index is 11.4. The Balaban J connectivity index is -0.000000240. The second-order valence-corrected chi connectivity index (χ2v) is 16.1. The third kappa shape index (κ3) is 21.0. The molecule has 0 bridgehead atoms. The zero-order chi connectivity index (χ0) is 32.6. The van der Waals surface area contributed by atoms with Crippen molar-refractivity contribution in [1.82, 2.24) is 0 Å². The average molecular weight is 606 g/mol. The Hall–Kier alpha value is -1.85. The minimum Gasteiger partial charge on any atom is -0.875 e. The largest absolute Gasteiger partial charge is 3.00 e. The molecule has 0 aromatic heterocycles. The van der Waals surface area contributed by atoms with E-state index >= 15 is 0 Å². The molecule has 0 amide bonds. The zero-order valence-corrected chi connectivity index (χ0v) is 29.6. The Morgan fingerprint density at radius 1 is 0.350 bits per heavy atom. The van der Waals surface area contributed by atoms with Gasteiger partial charge in [-0.1, -0.05) is 125 Å². The molecule has 0 atom stereocenters. The minimum absolute atomic E-state index is 0. The molecule has 233 valence electrons. The number of ketones is 3. The second kappa shape index (κ2) is 16.0. The summed E-state index contributed by atoms with van der Waals surface area (Å²) in [5.41, 5.74) is -2.74. The van der Waals surface area contributed by atoms with Crippen molar-refractivity contribution in [2.75, 3.05) is 0 Å². The summed E-state index contributed by atoms with van der Waals surface area (Å²) in [6.07, 6.45) is 3.67. The molecule has 0 saturated carbocycles. The minimum atomic E-state index is -0.457. The number of carbonyl (C=O) groups excluding carboxylic acids is 3. The smallest absolute Gasteiger partial charge is 0.875 e. The quantitative estimate of drug-likeness (QED) is 0.232. The molecule has 40 heavy (non-hydrogen) atoms. The van der Waals surface area contributed by atoms with Gasteiger partial charge in [0.2, 0.25) is 0 Å². The fourth-order valence-corrected chi connectivity index (χ4v) is 1.66. The SMILES string of the molecule is CC(C)(C)C(=O)/C=C(/[O-])C(C)(C)C.CC(C)(C)C(=O)/C=C(\[O-])C(C)(C)C.CC(C)(C)C(=O)/C=C(\[O-])C(C)(C)C.[Fe+3]. The molecule has 6 nitrogen and oxygen atoms in total. The Morgan fingerprint density at radius 3 is 0.550 bits per heavy atom. The van der Waals surface area contributed by atoms with E-state index in [1.54, 1.807) is 0 Å². The number of allylic oxidation sites excluding steroid dienone is 6. The van der Waals surface area contributed by atoms with Gasteiger partial charge in [-0.25, -0.2) is 0 Å². The van der Waals surface area contributed by atoms with Crippen LogP contribution in [0.1, 0.15) is 125 Å². The van der Waals surface area contributed by atoms with Crippen LogP contribution in [0.3, 0.4) is 0 Å². The molecule has 0 aliphatic rings. The van der Waals surface area contributed by atoms with Gasteiger partial charge < -0.3 is 15.3 Å². The maximum atomic E-state index is 11.4. The van der Waals surface area contributed by atoms with Crippen molar-refractivity contribution in [3.8, 4) is 0 Å². The van der Waals surface area contributed by atoms with Crippen LogP contribution in [0.25, 0.3) is 0 Å². The van der Waals surface area contributed by atoms with Crippen molar-refractivity contribution in [2.24, 2.45) is 32.5 Å². The van der Waals surface area contributed by atoms with Gasteiger partial charge in [-0.3, -0.25) is 14.4 Å². The summed E-state index contributed by atoms with van der Waals surface area (Å²) in [6, 6.07) is 0. The van der Waals surface area contributed by atoms with E-state index in [2.05, 4.69) is 0 Å². The summed E-state index contributed by atoms with van der Waals surface area (Å²) < 4.78 is 0. The molecule has 0 aliphatic carbocycles. The van der Waals surface area contributed by atoms with Crippen molar-refractivity contribution in [3.63, 3.8) is 0 Å². The standard InChI is InChI=1S/3C11H20O2.Fe/c3*1-10(2,3)8(12)7-9(13)11(4,5)6;/h3*7,12H,1-6H3;/q;;;+3/p-3/b8-7+;2*8-7-;. The van der Waals surface area contributed by atoms with Crippen LogP contribution >= 0.6 is 0 Å². The van der Waals surface area contributed by atoms with E-state index in [4.69, 9.17) is 0 Å². The Kier molecular flexibility index (Phi) is 18.0. The van der Waals surface area contributed by atoms with Crippen molar-refractivity contribution >= 4 is 17.3 Å². The van der Waals surface area contributed by atoms with E-state index in [0.717, 1.165) is 0 Å². The Morgan fingerprint density at radius 2 is 0.475 bits per heavy atom. The third-order valence-electron chi connectivity index (χ3n) is 5.22. The first-order valence-corrected chi connectivity index (χ1v) is 13.5. The monoisotopic (exact) mass is 605 g/mol. The molecule has 0 aromatic rings. The van der Waals surface area contributed by atoms with Gasteiger partial charge in [0.05, 0.1) is 0 Å². The number of hydrogen-bond acceptors (Lipinski definition) is 6. The van der Waals surface area contributed by atoms with Gasteiger partial charge in [-0.15, -0.1) is 17.3 Å². The van der Waals surface area contributed by atoms with Gasteiger partial charge in [0.15, 0.2) is 17.3 Å². The van der Waals surface area contributed by atoms with Crippen LogP contribution in [-0.2, 0) is 31.5 Å². The summed E-state index contributed by atoms with van der Waals surface area (Å²) in [6.45, 7) is 32.5. The molecule has 0 rings (SSSR count). The first kappa shape index (κ1) is 45.1. The summed E-state index contributed by atoms with van der Waals surface area (Å²) in [5.74, 6) is -0.625. The predicted molar refractivity (Wildman–Crippen MR) is 156 cm³/mol. The van der Waals surface area contributed by atoms with Crippen LogP contribution < -0.4 is 15.3 Å². The fraction of sp³-hybridized carbons (Fsp3) is 0.727. The predicted octanol–water partition coefficient (Wildman–Crippen LogP) is 5.67. The van der Waals surface area contributed by atoms with Gasteiger partial charge in [0.25, 0.3) is 0 Å². The van der Waals surface area contributed by atoms with Crippen LogP contribution in [0.4, 0.5) is 0 Å². The van der Waals surface area contributed by atoms with Crippen molar-refractivity contribution in [3.05, 3.63) is 35.5 Å². The molecule has 0 saturated heterocycles.